The lowest BCUT2D eigenvalue weighted by Crippen LogP contribution is -2.63. The molecule has 0 amide bonds. The summed E-state index contributed by atoms with van der Waals surface area (Å²) in [6.07, 6.45) is -3.79. The maximum absolute atomic E-state index is 14.0. The van der Waals surface area contributed by atoms with Gasteiger partial charge in [-0.1, -0.05) is 117 Å². The molecule has 4 aromatic rings. The zero-order valence-electron chi connectivity index (χ0n) is 29.8. The highest BCUT2D eigenvalue weighted by molar-refractivity contribution is 5.90. The van der Waals surface area contributed by atoms with E-state index in [9.17, 15) is 24.3 Å². The molecule has 4 aromatic carbocycles. The van der Waals surface area contributed by atoms with Crippen LogP contribution >= 0.6 is 0 Å². The fraction of sp³-hybridized carbons (Fsp3) is 0.349. The lowest BCUT2D eigenvalue weighted by atomic mass is 9.85. The van der Waals surface area contributed by atoms with Crippen molar-refractivity contribution in [3.8, 4) is 0 Å². The van der Waals surface area contributed by atoms with Crippen LogP contribution in [0.1, 0.15) is 75.2 Å². The van der Waals surface area contributed by atoms with Crippen LogP contribution in [-0.4, -0.2) is 72.4 Å². The predicted molar refractivity (Wildman–Crippen MR) is 195 cm³/mol. The number of benzene rings is 4. The fourth-order valence-electron chi connectivity index (χ4n) is 6.74. The molecule has 6 atom stereocenters. The number of hydrogen-bond donors (Lipinski definition) is 1. The van der Waals surface area contributed by atoms with Crippen LogP contribution in [0.5, 0.6) is 0 Å². The van der Waals surface area contributed by atoms with E-state index >= 15 is 0 Å². The standard InChI is InChI=1S/C43H44O11/c44-39(31-20-10-3-11-21-31)50-28-35-36(53-40(45)32-22-12-4-13-23-32)37(38(43(48)52-35)54-41(46)33-24-14-5-15-25-33)51-34(26-29-16-6-1-7-17-29)42(47)49-27-30-18-8-2-9-19-30/h2-5,8-15,18-25,29,34-38,43,48H,1,6-7,16-17,26-28H2/t34-,35+,36-,37-,38+,43+/m0/s1. The summed E-state index contributed by atoms with van der Waals surface area (Å²) in [5.74, 6) is -2.82. The number of esters is 4. The van der Waals surface area contributed by atoms with E-state index in [0.717, 1.165) is 37.7 Å². The molecular formula is C43H44O11. The van der Waals surface area contributed by atoms with E-state index in [0.29, 0.717) is 0 Å². The van der Waals surface area contributed by atoms with Crippen LogP contribution in [0.25, 0.3) is 0 Å². The van der Waals surface area contributed by atoms with Crippen LogP contribution in [0.3, 0.4) is 0 Å². The van der Waals surface area contributed by atoms with Crippen molar-refractivity contribution < 1.29 is 52.7 Å². The monoisotopic (exact) mass is 736 g/mol. The van der Waals surface area contributed by atoms with Crippen molar-refractivity contribution in [3.63, 3.8) is 0 Å². The highest BCUT2D eigenvalue weighted by Crippen LogP contribution is 2.34. The van der Waals surface area contributed by atoms with E-state index in [1.54, 1.807) is 91.0 Å². The van der Waals surface area contributed by atoms with Crippen molar-refractivity contribution >= 4 is 23.9 Å². The fourth-order valence-corrected chi connectivity index (χ4v) is 6.74. The first-order chi connectivity index (χ1) is 26.4. The van der Waals surface area contributed by atoms with Gasteiger partial charge in [0.15, 0.2) is 24.6 Å². The van der Waals surface area contributed by atoms with Gasteiger partial charge in [0.25, 0.3) is 0 Å². The van der Waals surface area contributed by atoms with Gasteiger partial charge in [-0.05, 0) is 54.3 Å². The van der Waals surface area contributed by atoms with Crippen molar-refractivity contribution in [2.45, 2.75) is 81.9 Å². The maximum Gasteiger partial charge on any atom is 0.338 e. The summed E-state index contributed by atoms with van der Waals surface area (Å²) in [6, 6.07) is 33.8. The SMILES string of the molecule is O=C(OC[C@H]1O[C@@H](O)[C@H](OC(=O)c2ccccc2)[C@@H](O[C@@H](CC2CCCCC2)C(=O)OCc2ccccc2)[C@H]1OC(=O)c1ccccc1)c1ccccc1. The van der Waals surface area contributed by atoms with Gasteiger partial charge in [-0.3, -0.25) is 0 Å². The highest BCUT2D eigenvalue weighted by Gasteiger charge is 2.52. The van der Waals surface area contributed by atoms with Crippen molar-refractivity contribution in [1.82, 2.24) is 0 Å². The molecule has 1 aliphatic carbocycles. The lowest BCUT2D eigenvalue weighted by Gasteiger charge is -2.44. The van der Waals surface area contributed by atoms with E-state index in [2.05, 4.69) is 0 Å². The Labute approximate surface area is 314 Å². The predicted octanol–water partition coefficient (Wildman–Crippen LogP) is 6.48. The smallest absolute Gasteiger partial charge is 0.338 e. The summed E-state index contributed by atoms with van der Waals surface area (Å²) in [5, 5.41) is 11.5. The molecule has 2 fully saturated rings. The number of rotatable bonds is 14. The Morgan fingerprint density at radius 3 is 1.67 bits per heavy atom. The molecule has 1 aliphatic heterocycles. The van der Waals surface area contributed by atoms with Crippen LogP contribution in [0.2, 0.25) is 0 Å². The van der Waals surface area contributed by atoms with Crippen molar-refractivity contribution in [3.05, 3.63) is 144 Å². The van der Waals surface area contributed by atoms with E-state index in [4.69, 9.17) is 28.4 Å². The molecule has 282 valence electrons. The van der Waals surface area contributed by atoms with Crippen LogP contribution in [0, 0.1) is 5.92 Å². The molecule has 11 nitrogen and oxygen atoms in total. The normalized spacial score (nSPS) is 22.0. The van der Waals surface area contributed by atoms with Crippen molar-refractivity contribution in [2.24, 2.45) is 5.92 Å². The molecule has 1 N–H and O–H groups in total. The third kappa shape index (κ3) is 10.4. The largest absolute Gasteiger partial charge is 0.459 e. The Balaban J connectivity index is 1.34. The van der Waals surface area contributed by atoms with Gasteiger partial charge in [-0.25, -0.2) is 19.2 Å². The van der Waals surface area contributed by atoms with E-state index in [-0.39, 0.29) is 35.6 Å². The summed E-state index contributed by atoms with van der Waals surface area (Å²) >= 11 is 0. The van der Waals surface area contributed by atoms with Gasteiger partial charge in [0.1, 0.15) is 25.4 Å². The molecule has 0 unspecified atom stereocenters. The third-order valence-electron chi connectivity index (χ3n) is 9.58. The first-order valence-corrected chi connectivity index (χ1v) is 18.3. The lowest BCUT2D eigenvalue weighted by molar-refractivity contribution is -0.298. The molecule has 54 heavy (non-hydrogen) atoms. The van der Waals surface area contributed by atoms with Gasteiger partial charge in [-0.2, -0.15) is 0 Å². The Morgan fingerprint density at radius 1 is 0.611 bits per heavy atom. The first kappa shape index (κ1) is 38.4. The van der Waals surface area contributed by atoms with Gasteiger partial charge in [0.05, 0.1) is 16.7 Å². The molecule has 6 rings (SSSR count). The number of carbonyl (C=O) groups is 4. The maximum atomic E-state index is 14.0. The molecule has 0 spiro atoms. The van der Waals surface area contributed by atoms with E-state index < -0.39 is 67.3 Å². The third-order valence-corrected chi connectivity index (χ3v) is 9.58. The van der Waals surface area contributed by atoms with Crippen LogP contribution in [0.15, 0.2) is 121 Å². The number of ether oxygens (including phenoxy) is 6. The molecule has 1 saturated carbocycles. The minimum absolute atomic E-state index is 0.0164. The second-order valence-corrected chi connectivity index (χ2v) is 13.4. The molecule has 0 bridgehead atoms. The Bertz CT molecular complexity index is 1800. The van der Waals surface area contributed by atoms with Crippen molar-refractivity contribution in [2.75, 3.05) is 6.61 Å². The Morgan fingerprint density at radius 2 is 1.11 bits per heavy atom. The van der Waals surface area contributed by atoms with Gasteiger partial charge < -0.3 is 33.5 Å². The zero-order valence-corrected chi connectivity index (χ0v) is 29.8. The zero-order chi connectivity index (χ0) is 37.7. The molecular weight excluding hydrogens is 692 g/mol. The Hall–Kier alpha value is -5.36. The molecule has 11 heteroatoms. The average molecular weight is 737 g/mol. The second-order valence-electron chi connectivity index (χ2n) is 13.4. The molecule has 0 radical (unpaired) electrons. The van der Waals surface area contributed by atoms with Crippen molar-refractivity contribution in [1.29, 1.82) is 0 Å². The minimum atomic E-state index is -1.84. The first-order valence-electron chi connectivity index (χ1n) is 18.3. The Kier molecular flexibility index (Phi) is 13.6. The minimum Gasteiger partial charge on any atom is -0.459 e. The second kappa shape index (κ2) is 19.1. The summed E-state index contributed by atoms with van der Waals surface area (Å²) in [7, 11) is 0. The highest BCUT2D eigenvalue weighted by atomic mass is 16.7. The number of aliphatic hydroxyl groups excluding tert-OH is 1. The summed E-state index contributed by atoms with van der Waals surface area (Å²) in [4.78, 5) is 54.2. The van der Waals surface area contributed by atoms with E-state index in [1.165, 1.54) is 0 Å². The summed E-state index contributed by atoms with van der Waals surface area (Å²) < 4.78 is 35.9. The number of hydrogen-bond acceptors (Lipinski definition) is 11. The van der Waals surface area contributed by atoms with Gasteiger partial charge in [-0.15, -0.1) is 0 Å². The summed E-state index contributed by atoms with van der Waals surface area (Å²) in [5.41, 5.74) is 1.42. The molecule has 2 aliphatic rings. The molecule has 1 saturated heterocycles. The molecule has 1 heterocycles. The van der Waals surface area contributed by atoms with Crippen LogP contribution in [-0.2, 0) is 39.8 Å². The van der Waals surface area contributed by atoms with Gasteiger partial charge in [0.2, 0.25) is 0 Å². The topological polar surface area (TPSA) is 144 Å². The molecule has 0 aromatic heterocycles. The number of carbonyl (C=O) groups excluding carboxylic acids is 4. The van der Waals surface area contributed by atoms with Crippen LogP contribution < -0.4 is 0 Å². The van der Waals surface area contributed by atoms with Gasteiger partial charge >= 0.3 is 23.9 Å². The van der Waals surface area contributed by atoms with Crippen LogP contribution in [0.4, 0.5) is 0 Å². The van der Waals surface area contributed by atoms with E-state index in [1.807, 2.05) is 30.3 Å². The quantitative estimate of drug-likeness (QED) is 0.112. The summed E-state index contributed by atoms with van der Waals surface area (Å²) in [6.45, 7) is -0.500. The average Bonchev–Trinajstić information content (AvgIpc) is 3.22. The number of aliphatic hydroxyl groups is 1. The van der Waals surface area contributed by atoms with Gasteiger partial charge in [0, 0.05) is 0 Å².